The number of aliphatic imine (C=N–C) groups is 1. The molecule has 1 amide bonds. The first-order valence-corrected chi connectivity index (χ1v) is 11.2. The molecule has 2 fully saturated rings. The van der Waals surface area contributed by atoms with Crippen LogP contribution in [0.15, 0.2) is 29.3 Å². The zero-order chi connectivity index (χ0) is 22.1. The van der Waals surface area contributed by atoms with Crippen molar-refractivity contribution in [2.45, 2.75) is 25.8 Å². The summed E-state index contributed by atoms with van der Waals surface area (Å²) in [7, 11) is 1.78. The molecule has 31 heavy (non-hydrogen) atoms. The number of carbonyl (C=O) groups is 1. The molecule has 9 heteroatoms. The van der Waals surface area contributed by atoms with Crippen LogP contribution in [0.3, 0.4) is 0 Å². The predicted octanol–water partition coefficient (Wildman–Crippen LogP) is 1.73. The largest absolute Gasteiger partial charge is 0.450 e. The Morgan fingerprint density at radius 3 is 2.42 bits per heavy atom. The number of ether oxygens (including phenoxy) is 1. The Kier molecular flexibility index (Phi) is 8.75. The number of anilines is 1. The van der Waals surface area contributed by atoms with Crippen molar-refractivity contribution >= 4 is 17.7 Å². The normalized spacial score (nSPS) is 18.7. The van der Waals surface area contributed by atoms with Gasteiger partial charge in [0.05, 0.1) is 6.61 Å². The maximum atomic E-state index is 13.1. The fourth-order valence-corrected chi connectivity index (χ4v) is 4.02. The molecule has 2 aliphatic heterocycles. The van der Waals surface area contributed by atoms with Crippen LogP contribution in [0.5, 0.6) is 0 Å². The maximum Gasteiger partial charge on any atom is 0.409 e. The van der Waals surface area contributed by atoms with E-state index < -0.39 is 0 Å². The number of carbonyl (C=O) groups excluding carboxylic acids is 1. The van der Waals surface area contributed by atoms with E-state index >= 15 is 0 Å². The number of nitrogens with zero attached hydrogens (tertiary/aromatic N) is 4. The van der Waals surface area contributed by atoms with Crippen LogP contribution in [0, 0.1) is 5.82 Å². The fraction of sp³-hybridized carbons (Fsp3) is 0.636. The number of guanidine groups is 1. The monoisotopic (exact) mass is 434 g/mol. The number of piperidine rings is 1. The van der Waals surface area contributed by atoms with Crippen LogP contribution in [0.1, 0.15) is 19.8 Å². The van der Waals surface area contributed by atoms with Crippen molar-refractivity contribution in [1.29, 1.82) is 0 Å². The summed E-state index contributed by atoms with van der Waals surface area (Å²) in [4.78, 5) is 22.6. The van der Waals surface area contributed by atoms with Gasteiger partial charge in [-0.25, -0.2) is 9.18 Å². The molecule has 0 saturated carbocycles. The van der Waals surface area contributed by atoms with Crippen LogP contribution in [-0.2, 0) is 4.74 Å². The number of halogens is 1. The Balaban J connectivity index is 1.32. The van der Waals surface area contributed by atoms with Crippen LogP contribution in [0.2, 0.25) is 0 Å². The third-order valence-electron chi connectivity index (χ3n) is 5.87. The topological polar surface area (TPSA) is 72.4 Å². The highest BCUT2D eigenvalue weighted by atomic mass is 19.1. The molecule has 0 unspecified atom stereocenters. The number of likely N-dealkylation sites (tertiary alicyclic amines) is 1. The first-order valence-electron chi connectivity index (χ1n) is 11.2. The van der Waals surface area contributed by atoms with E-state index in [2.05, 4.69) is 25.4 Å². The van der Waals surface area contributed by atoms with Gasteiger partial charge in [-0.3, -0.25) is 9.89 Å². The second-order valence-corrected chi connectivity index (χ2v) is 7.91. The lowest BCUT2D eigenvalue weighted by atomic mass is 10.1. The van der Waals surface area contributed by atoms with E-state index in [4.69, 9.17) is 4.74 Å². The number of hydrogen-bond acceptors (Lipinski definition) is 5. The minimum absolute atomic E-state index is 0.194. The minimum atomic E-state index is -0.219. The van der Waals surface area contributed by atoms with Crippen LogP contribution in [0.4, 0.5) is 14.9 Å². The van der Waals surface area contributed by atoms with Gasteiger partial charge in [-0.2, -0.15) is 0 Å². The first kappa shape index (κ1) is 23.1. The molecular weight excluding hydrogens is 399 g/mol. The smallest absolute Gasteiger partial charge is 0.409 e. The van der Waals surface area contributed by atoms with Crippen molar-refractivity contribution in [3.8, 4) is 0 Å². The Morgan fingerprint density at radius 2 is 1.81 bits per heavy atom. The molecular formula is C22H35FN6O2. The van der Waals surface area contributed by atoms with Gasteiger partial charge in [-0.05, 0) is 44.0 Å². The number of benzene rings is 1. The number of piperazine rings is 1. The lowest BCUT2D eigenvalue weighted by Crippen LogP contribution is -2.52. The van der Waals surface area contributed by atoms with E-state index in [1.54, 1.807) is 11.9 Å². The number of nitrogens with one attached hydrogen (secondary N) is 2. The molecule has 1 aromatic carbocycles. The summed E-state index contributed by atoms with van der Waals surface area (Å²) in [6.07, 6.45) is 1.54. The third-order valence-corrected chi connectivity index (χ3v) is 5.87. The zero-order valence-electron chi connectivity index (χ0n) is 18.6. The lowest BCUT2D eigenvalue weighted by molar-refractivity contribution is 0.0963. The fourth-order valence-electron chi connectivity index (χ4n) is 4.02. The van der Waals surface area contributed by atoms with Crippen LogP contribution < -0.4 is 15.5 Å². The summed E-state index contributed by atoms with van der Waals surface area (Å²) in [5.41, 5.74) is 1.08. The second kappa shape index (κ2) is 11.7. The maximum absolute atomic E-state index is 13.1. The molecule has 0 aromatic heterocycles. The summed E-state index contributed by atoms with van der Waals surface area (Å²) in [5.74, 6) is 0.611. The summed E-state index contributed by atoms with van der Waals surface area (Å²) in [5, 5.41) is 6.87. The summed E-state index contributed by atoms with van der Waals surface area (Å²) >= 11 is 0. The molecule has 0 spiro atoms. The van der Waals surface area contributed by atoms with Crippen molar-refractivity contribution in [3.63, 3.8) is 0 Å². The molecule has 2 saturated heterocycles. The highest BCUT2D eigenvalue weighted by molar-refractivity contribution is 5.80. The summed E-state index contributed by atoms with van der Waals surface area (Å²) in [6.45, 7) is 9.25. The average Bonchev–Trinajstić information content (AvgIpc) is 2.80. The lowest BCUT2D eigenvalue weighted by Gasteiger charge is -2.36. The van der Waals surface area contributed by atoms with Crippen molar-refractivity contribution in [3.05, 3.63) is 30.1 Å². The first-order chi connectivity index (χ1) is 15.1. The quantitative estimate of drug-likeness (QED) is 0.525. The molecule has 2 heterocycles. The van der Waals surface area contributed by atoms with E-state index in [0.717, 1.165) is 63.8 Å². The summed E-state index contributed by atoms with van der Waals surface area (Å²) in [6, 6.07) is 7.03. The average molecular weight is 435 g/mol. The van der Waals surface area contributed by atoms with Crippen LogP contribution in [-0.4, -0.2) is 93.9 Å². The van der Waals surface area contributed by atoms with Crippen LogP contribution >= 0.6 is 0 Å². The molecule has 0 aliphatic carbocycles. The summed E-state index contributed by atoms with van der Waals surface area (Å²) < 4.78 is 18.2. The van der Waals surface area contributed by atoms with Gasteiger partial charge in [0, 0.05) is 71.1 Å². The predicted molar refractivity (Wildman–Crippen MR) is 121 cm³/mol. The van der Waals surface area contributed by atoms with Gasteiger partial charge in [-0.1, -0.05) is 0 Å². The van der Waals surface area contributed by atoms with Crippen molar-refractivity contribution in [2.75, 3.05) is 70.9 Å². The van der Waals surface area contributed by atoms with E-state index in [0.29, 0.717) is 25.7 Å². The molecule has 3 rings (SSSR count). The highest BCUT2D eigenvalue weighted by Crippen LogP contribution is 2.16. The van der Waals surface area contributed by atoms with Crippen molar-refractivity contribution in [2.24, 2.45) is 4.99 Å². The second-order valence-electron chi connectivity index (χ2n) is 7.91. The van der Waals surface area contributed by atoms with Gasteiger partial charge < -0.3 is 25.2 Å². The molecule has 1 aromatic rings. The molecule has 172 valence electrons. The van der Waals surface area contributed by atoms with Gasteiger partial charge in [-0.15, -0.1) is 0 Å². The van der Waals surface area contributed by atoms with Crippen molar-refractivity contribution in [1.82, 2.24) is 20.4 Å². The van der Waals surface area contributed by atoms with Gasteiger partial charge in [0.15, 0.2) is 5.96 Å². The van der Waals surface area contributed by atoms with E-state index in [-0.39, 0.29) is 11.9 Å². The molecule has 8 nitrogen and oxygen atoms in total. The Hall–Kier alpha value is -2.55. The van der Waals surface area contributed by atoms with E-state index in [9.17, 15) is 9.18 Å². The van der Waals surface area contributed by atoms with Gasteiger partial charge in [0.25, 0.3) is 0 Å². The van der Waals surface area contributed by atoms with Crippen molar-refractivity contribution < 1.29 is 13.9 Å². The van der Waals surface area contributed by atoms with Gasteiger partial charge >= 0.3 is 6.09 Å². The molecule has 2 N–H and O–H groups in total. The van der Waals surface area contributed by atoms with E-state index in [1.165, 1.54) is 12.1 Å². The van der Waals surface area contributed by atoms with Gasteiger partial charge in [0.2, 0.25) is 0 Å². The third kappa shape index (κ3) is 6.99. The Bertz CT molecular complexity index is 713. The number of rotatable bonds is 6. The highest BCUT2D eigenvalue weighted by Gasteiger charge is 2.24. The Labute approximate surface area is 184 Å². The van der Waals surface area contributed by atoms with Gasteiger partial charge in [0.1, 0.15) is 5.82 Å². The standard InChI is InChI=1S/C22H35FN6O2/c1-3-31-22(30)29-11-8-19(9-12-29)26-21(24-2)25-10-13-27-14-16-28(17-15-27)20-6-4-18(23)5-7-20/h4-7,19H,3,8-17H2,1-2H3,(H2,24,25,26). The SMILES string of the molecule is CCOC(=O)N1CCC(NC(=NC)NCCN2CCN(c3ccc(F)cc3)CC2)CC1. The van der Waals surface area contributed by atoms with Crippen LogP contribution in [0.25, 0.3) is 0 Å². The van der Waals surface area contributed by atoms with E-state index in [1.807, 2.05) is 19.1 Å². The zero-order valence-corrected chi connectivity index (χ0v) is 18.6. The molecule has 0 radical (unpaired) electrons. The number of amides is 1. The molecule has 2 aliphatic rings. The molecule has 0 atom stereocenters. The molecule has 0 bridgehead atoms. The Morgan fingerprint density at radius 1 is 1.13 bits per heavy atom. The number of hydrogen-bond donors (Lipinski definition) is 2. The minimum Gasteiger partial charge on any atom is -0.450 e.